The molecular weight excluding hydrogens is 624 g/mol. The molecule has 0 unspecified atom stereocenters. The van der Waals surface area contributed by atoms with E-state index in [9.17, 15) is 14.4 Å². The number of hydrogen-bond donors (Lipinski definition) is 0. The first-order chi connectivity index (χ1) is 24.2. The number of hydrogen-bond acceptors (Lipinski definition) is 6. The van der Waals surface area contributed by atoms with E-state index < -0.39 is 6.10 Å². The van der Waals surface area contributed by atoms with Crippen molar-refractivity contribution in [3.8, 4) is 0 Å². The van der Waals surface area contributed by atoms with Crippen LogP contribution in [0.4, 0.5) is 0 Å². The molecule has 6 nitrogen and oxygen atoms in total. The van der Waals surface area contributed by atoms with Crippen LogP contribution in [0.25, 0.3) is 0 Å². The van der Waals surface area contributed by atoms with Gasteiger partial charge in [0, 0.05) is 19.3 Å². The zero-order valence-corrected chi connectivity index (χ0v) is 34.0. The first kappa shape index (κ1) is 48.4. The van der Waals surface area contributed by atoms with Gasteiger partial charge in [-0.1, -0.05) is 195 Å². The van der Waals surface area contributed by atoms with Crippen LogP contribution in [0.5, 0.6) is 0 Å². The highest BCUT2D eigenvalue weighted by atomic mass is 16.6. The highest BCUT2D eigenvalue weighted by Gasteiger charge is 2.19. The van der Waals surface area contributed by atoms with Crippen molar-refractivity contribution in [3.05, 3.63) is 0 Å². The van der Waals surface area contributed by atoms with Gasteiger partial charge in [-0.3, -0.25) is 14.4 Å². The Kier molecular flexibility index (Phi) is 36.0. The summed E-state index contributed by atoms with van der Waals surface area (Å²) < 4.78 is 16.6. The van der Waals surface area contributed by atoms with E-state index in [1.165, 1.54) is 116 Å². The van der Waals surface area contributed by atoms with Crippen molar-refractivity contribution in [1.29, 1.82) is 0 Å². The number of unbranched alkanes of at least 4 members (excludes halogenated alkanes) is 23. The lowest BCUT2D eigenvalue weighted by molar-refractivity contribution is -0.167. The summed E-state index contributed by atoms with van der Waals surface area (Å²) in [4.78, 5) is 37.4. The monoisotopic (exact) mass is 709 g/mol. The van der Waals surface area contributed by atoms with Gasteiger partial charge >= 0.3 is 17.9 Å². The molecule has 0 amide bonds. The van der Waals surface area contributed by atoms with Gasteiger partial charge in [0.05, 0.1) is 0 Å². The molecule has 0 heterocycles. The van der Waals surface area contributed by atoms with Crippen molar-refractivity contribution in [2.24, 2.45) is 11.8 Å². The number of carbonyl (C=O) groups excluding carboxylic acids is 3. The van der Waals surface area contributed by atoms with Gasteiger partial charge in [0.15, 0.2) is 6.10 Å². The van der Waals surface area contributed by atoms with E-state index >= 15 is 0 Å². The maximum absolute atomic E-state index is 12.6. The molecule has 0 radical (unpaired) electrons. The van der Waals surface area contributed by atoms with E-state index in [-0.39, 0.29) is 31.1 Å². The van der Waals surface area contributed by atoms with Crippen LogP contribution in [0.1, 0.15) is 234 Å². The van der Waals surface area contributed by atoms with Gasteiger partial charge in [0.25, 0.3) is 0 Å². The van der Waals surface area contributed by atoms with Crippen LogP contribution < -0.4 is 0 Å². The lowest BCUT2D eigenvalue weighted by atomic mass is 10.0. The highest BCUT2D eigenvalue weighted by molar-refractivity contribution is 5.71. The average molecular weight is 709 g/mol. The first-order valence-electron chi connectivity index (χ1n) is 21.7. The lowest BCUT2D eigenvalue weighted by Gasteiger charge is -2.18. The van der Waals surface area contributed by atoms with Crippen LogP contribution in [0, 0.1) is 11.8 Å². The molecule has 0 aromatic rings. The van der Waals surface area contributed by atoms with Gasteiger partial charge in [-0.2, -0.15) is 0 Å². The quantitative estimate of drug-likeness (QED) is 0.0361. The third kappa shape index (κ3) is 37.7. The number of esters is 3. The normalized spacial score (nSPS) is 12.1. The van der Waals surface area contributed by atoms with Crippen LogP contribution in [0.15, 0.2) is 0 Å². The molecule has 0 rings (SSSR count). The van der Waals surface area contributed by atoms with Crippen molar-refractivity contribution in [2.45, 2.75) is 240 Å². The van der Waals surface area contributed by atoms with E-state index in [0.29, 0.717) is 19.3 Å². The summed E-state index contributed by atoms with van der Waals surface area (Å²) in [5.41, 5.74) is 0. The van der Waals surface area contributed by atoms with Crippen LogP contribution in [0.3, 0.4) is 0 Å². The zero-order valence-electron chi connectivity index (χ0n) is 34.0. The van der Waals surface area contributed by atoms with Crippen LogP contribution >= 0.6 is 0 Å². The summed E-state index contributed by atoms with van der Waals surface area (Å²) in [6.45, 7) is 11.2. The second-order valence-corrected chi connectivity index (χ2v) is 15.9. The minimum atomic E-state index is -0.758. The Morgan fingerprint density at radius 1 is 0.380 bits per heavy atom. The Labute approximate surface area is 310 Å². The van der Waals surface area contributed by atoms with Gasteiger partial charge in [-0.05, 0) is 31.1 Å². The molecule has 1 atom stereocenters. The Morgan fingerprint density at radius 2 is 0.660 bits per heavy atom. The fraction of sp³-hybridized carbons (Fsp3) is 0.932. The Bertz CT molecular complexity index is 764. The molecule has 0 aliphatic carbocycles. The van der Waals surface area contributed by atoms with Crippen LogP contribution in [0.2, 0.25) is 0 Å². The molecule has 296 valence electrons. The fourth-order valence-corrected chi connectivity index (χ4v) is 6.40. The predicted molar refractivity (Wildman–Crippen MR) is 210 cm³/mol. The molecule has 0 spiro atoms. The average Bonchev–Trinajstić information content (AvgIpc) is 3.08. The smallest absolute Gasteiger partial charge is 0.306 e. The lowest BCUT2D eigenvalue weighted by Crippen LogP contribution is -2.30. The molecule has 0 aromatic carbocycles. The molecule has 50 heavy (non-hydrogen) atoms. The van der Waals surface area contributed by atoms with E-state index in [4.69, 9.17) is 14.2 Å². The summed E-state index contributed by atoms with van der Waals surface area (Å²) in [6, 6.07) is 0. The SMILES string of the molecule is CCCCCCCC(=O)OC[C@H](COC(=O)CCCCCCCCCCCCCC(C)C)OC(=O)CCCCCCCCCCCCC(C)C. The minimum Gasteiger partial charge on any atom is -0.462 e. The van der Waals surface area contributed by atoms with Gasteiger partial charge in [0.2, 0.25) is 0 Å². The summed E-state index contributed by atoms with van der Waals surface area (Å²) in [5.74, 6) is 0.769. The Hall–Kier alpha value is -1.59. The second kappa shape index (κ2) is 37.2. The van der Waals surface area contributed by atoms with Crippen LogP contribution in [-0.4, -0.2) is 37.2 Å². The van der Waals surface area contributed by atoms with E-state index in [1.807, 2.05) is 0 Å². The predicted octanol–water partition coefficient (Wildman–Crippen LogP) is 13.4. The molecule has 6 heteroatoms. The molecule has 0 aliphatic heterocycles. The molecule has 0 fully saturated rings. The van der Waals surface area contributed by atoms with Gasteiger partial charge in [-0.25, -0.2) is 0 Å². The van der Waals surface area contributed by atoms with Crippen molar-refractivity contribution < 1.29 is 28.6 Å². The van der Waals surface area contributed by atoms with E-state index in [2.05, 4.69) is 34.6 Å². The largest absolute Gasteiger partial charge is 0.462 e. The molecule has 0 bridgehead atoms. The number of carbonyl (C=O) groups is 3. The summed E-state index contributed by atoms with van der Waals surface area (Å²) in [5, 5.41) is 0. The van der Waals surface area contributed by atoms with Crippen molar-refractivity contribution >= 4 is 17.9 Å². The molecule has 0 aliphatic rings. The van der Waals surface area contributed by atoms with E-state index in [0.717, 1.165) is 76.0 Å². The molecule has 0 aromatic heterocycles. The molecule has 0 saturated heterocycles. The Morgan fingerprint density at radius 3 is 0.980 bits per heavy atom. The third-order valence-corrected chi connectivity index (χ3v) is 9.72. The van der Waals surface area contributed by atoms with Gasteiger partial charge in [-0.15, -0.1) is 0 Å². The second-order valence-electron chi connectivity index (χ2n) is 15.9. The summed E-state index contributed by atoms with van der Waals surface area (Å²) >= 11 is 0. The molecular formula is C44H84O6. The summed E-state index contributed by atoms with van der Waals surface area (Å²) in [7, 11) is 0. The topological polar surface area (TPSA) is 78.9 Å². The fourth-order valence-electron chi connectivity index (χ4n) is 6.40. The molecule has 0 N–H and O–H groups in total. The maximum Gasteiger partial charge on any atom is 0.306 e. The number of rotatable bonds is 38. The Balaban J connectivity index is 4.21. The van der Waals surface area contributed by atoms with Gasteiger partial charge in [0.1, 0.15) is 13.2 Å². The van der Waals surface area contributed by atoms with Gasteiger partial charge < -0.3 is 14.2 Å². The van der Waals surface area contributed by atoms with E-state index in [1.54, 1.807) is 0 Å². The van der Waals surface area contributed by atoms with Crippen molar-refractivity contribution in [3.63, 3.8) is 0 Å². The minimum absolute atomic E-state index is 0.0662. The number of ether oxygens (including phenoxy) is 3. The van der Waals surface area contributed by atoms with Crippen LogP contribution in [-0.2, 0) is 28.6 Å². The first-order valence-corrected chi connectivity index (χ1v) is 21.7. The zero-order chi connectivity index (χ0) is 36.9. The van der Waals surface area contributed by atoms with Crippen molar-refractivity contribution in [2.75, 3.05) is 13.2 Å². The molecule has 0 saturated carbocycles. The van der Waals surface area contributed by atoms with Crippen molar-refractivity contribution in [1.82, 2.24) is 0 Å². The maximum atomic E-state index is 12.6. The summed E-state index contributed by atoms with van der Waals surface area (Å²) in [6.07, 6.45) is 34.0. The highest BCUT2D eigenvalue weighted by Crippen LogP contribution is 2.16. The third-order valence-electron chi connectivity index (χ3n) is 9.72. The standard InChI is InChI=1S/C44H84O6/c1-6-7-8-22-29-34-42(45)48-37-41(50-44(47)36-31-26-21-17-13-12-15-19-24-28-33-40(4)5)38-49-43(46)35-30-25-20-16-11-9-10-14-18-23-27-32-39(2)3/h39-41H,6-38H2,1-5H3/t41-/m1/s1.